The smallest absolute Gasteiger partial charge is 0.225 e. The van der Waals surface area contributed by atoms with Crippen LogP contribution in [0.1, 0.15) is 32.6 Å². The number of rotatable bonds is 4. The van der Waals surface area contributed by atoms with Gasteiger partial charge in [0.1, 0.15) is 0 Å². The van der Waals surface area contributed by atoms with Gasteiger partial charge in [-0.2, -0.15) is 0 Å². The van der Waals surface area contributed by atoms with E-state index in [1.54, 1.807) is 12.4 Å². The molecule has 2 rings (SSSR count). The average molecular weight is 269 g/mol. The number of halogens is 1. The monoisotopic (exact) mass is 268 g/mol. The van der Waals surface area contributed by atoms with Gasteiger partial charge in [0.2, 0.25) is 5.95 Å². The molecule has 1 aromatic rings. The van der Waals surface area contributed by atoms with Gasteiger partial charge in [-0.3, -0.25) is 0 Å². The molecule has 0 spiro atoms. The van der Waals surface area contributed by atoms with Crippen molar-refractivity contribution in [3.05, 3.63) is 17.4 Å². The van der Waals surface area contributed by atoms with Crippen molar-refractivity contribution in [1.82, 2.24) is 9.97 Å². The van der Waals surface area contributed by atoms with Crippen LogP contribution in [0.25, 0.3) is 0 Å². The standard InChI is InChI=1S/C13H21ClN4/c1-2-18(13-16-8-11(14)9-17-13)12-6-4-3-5-10(12)7-15/h8-10,12H,2-7,15H2,1H3. The van der Waals surface area contributed by atoms with Gasteiger partial charge < -0.3 is 10.6 Å². The van der Waals surface area contributed by atoms with Gasteiger partial charge in [0, 0.05) is 12.6 Å². The Kier molecular flexibility index (Phi) is 4.78. The Labute approximate surface area is 114 Å². The van der Waals surface area contributed by atoms with Crippen LogP contribution in [0.4, 0.5) is 5.95 Å². The molecular weight excluding hydrogens is 248 g/mol. The van der Waals surface area contributed by atoms with Crippen molar-refractivity contribution in [2.24, 2.45) is 11.7 Å². The summed E-state index contributed by atoms with van der Waals surface area (Å²) in [5.74, 6) is 1.32. The van der Waals surface area contributed by atoms with Crippen LogP contribution in [0.3, 0.4) is 0 Å². The highest BCUT2D eigenvalue weighted by Gasteiger charge is 2.29. The van der Waals surface area contributed by atoms with E-state index in [9.17, 15) is 0 Å². The molecular formula is C13H21ClN4. The molecule has 0 aliphatic heterocycles. The molecule has 1 aromatic heterocycles. The van der Waals surface area contributed by atoms with Crippen molar-refractivity contribution in [3.8, 4) is 0 Å². The van der Waals surface area contributed by atoms with Gasteiger partial charge in [-0.15, -0.1) is 0 Å². The Morgan fingerprint density at radius 3 is 2.61 bits per heavy atom. The molecule has 2 atom stereocenters. The quantitative estimate of drug-likeness (QED) is 0.912. The second-order valence-corrected chi connectivity index (χ2v) is 5.27. The molecule has 0 amide bonds. The van der Waals surface area contributed by atoms with Crippen LogP contribution in [0.2, 0.25) is 5.02 Å². The fraction of sp³-hybridized carbons (Fsp3) is 0.692. The maximum Gasteiger partial charge on any atom is 0.225 e. The van der Waals surface area contributed by atoms with Crippen LogP contribution in [0.15, 0.2) is 12.4 Å². The van der Waals surface area contributed by atoms with Crippen LogP contribution in [-0.2, 0) is 0 Å². The van der Waals surface area contributed by atoms with Crippen molar-refractivity contribution in [1.29, 1.82) is 0 Å². The summed E-state index contributed by atoms with van der Waals surface area (Å²) >= 11 is 5.84. The van der Waals surface area contributed by atoms with Crippen molar-refractivity contribution in [2.45, 2.75) is 38.6 Å². The minimum absolute atomic E-state index is 0.468. The molecule has 100 valence electrons. The lowest BCUT2D eigenvalue weighted by molar-refractivity contribution is 0.298. The molecule has 0 radical (unpaired) electrons. The number of nitrogens with zero attached hydrogens (tertiary/aromatic N) is 3. The first kappa shape index (κ1) is 13.6. The Balaban J connectivity index is 2.18. The fourth-order valence-corrected chi connectivity index (χ4v) is 2.95. The van der Waals surface area contributed by atoms with Gasteiger partial charge in [0.15, 0.2) is 0 Å². The van der Waals surface area contributed by atoms with E-state index in [2.05, 4.69) is 21.8 Å². The van der Waals surface area contributed by atoms with Crippen molar-refractivity contribution < 1.29 is 0 Å². The van der Waals surface area contributed by atoms with E-state index in [1.807, 2.05) is 0 Å². The zero-order chi connectivity index (χ0) is 13.0. The molecule has 0 aromatic carbocycles. The summed E-state index contributed by atoms with van der Waals surface area (Å²) in [7, 11) is 0. The van der Waals surface area contributed by atoms with Crippen LogP contribution in [0.5, 0.6) is 0 Å². The molecule has 4 nitrogen and oxygen atoms in total. The molecule has 2 unspecified atom stereocenters. The molecule has 1 aliphatic rings. The highest BCUT2D eigenvalue weighted by Crippen LogP contribution is 2.29. The molecule has 0 bridgehead atoms. The molecule has 2 N–H and O–H groups in total. The third-order valence-electron chi connectivity index (χ3n) is 3.78. The van der Waals surface area contributed by atoms with Crippen molar-refractivity contribution in [2.75, 3.05) is 18.0 Å². The fourth-order valence-electron chi connectivity index (χ4n) is 2.85. The summed E-state index contributed by atoms with van der Waals surface area (Å²) in [6.07, 6.45) is 8.27. The molecule has 5 heteroatoms. The number of anilines is 1. The van der Waals surface area contributed by atoms with Crippen molar-refractivity contribution >= 4 is 17.5 Å². The Hall–Kier alpha value is -0.870. The second-order valence-electron chi connectivity index (χ2n) is 4.83. The van der Waals surface area contributed by atoms with Gasteiger partial charge in [-0.1, -0.05) is 24.4 Å². The summed E-state index contributed by atoms with van der Waals surface area (Å²) in [5, 5.41) is 0.578. The van der Waals surface area contributed by atoms with E-state index < -0.39 is 0 Å². The summed E-state index contributed by atoms with van der Waals surface area (Å²) in [4.78, 5) is 10.9. The van der Waals surface area contributed by atoms with Crippen LogP contribution < -0.4 is 10.6 Å². The van der Waals surface area contributed by atoms with Crippen LogP contribution in [0, 0.1) is 5.92 Å². The third-order valence-corrected chi connectivity index (χ3v) is 3.97. The van der Waals surface area contributed by atoms with Gasteiger partial charge in [0.25, 0.3) is 0 Å². The molecule has 18 heavy (non-hydrogen) atoms. The van der Waals surface area contributed by atoms with E-state index in [4.69, 9.17) is 17.3 Å². The summed E-state index contributed by atoms with van der Waals surface area (Å²) in [6, 6.07) is 0.468. The minimum atomic E-state index is 0.468. The van der Waals surface area contributed by atoms with Crippen molar-refractivity contribution in [3.63, 3.8) is 0 Å². The van der Waals surface area contributed by atoms with E-state index in [0.717, 1.165) is 19.0 Å². The summed E-state index contributed by atoms with van der Waals surface area (Å²) in [6.45, 7) is 3.79. The number of hydrogen-bond acceptors (Lipinski definition) is 4. The number of aromatic nitrogens is 2. The second kappa shape index (κ2) is 6.34. The third kappa shape index (κ3) is 2.93. The first-order chi connectivity index (χ1) is 8.76. The van der Waals surface area contributed by atoms with E-state index in [0.29, 0.717) is 17.0 Å². The number of hydrogen-bond donors (Lipinski definition) is 1. The van der Waals surface area contributed by atoms with Gasteiger partial charge in [-0.25, -0.2) is 9.97 Å². The maximum absolute atomic E-state index is 5.90. The van der Waals surface area contributed by atoms with E-state index in [1.165, 1.54) is 25.7 Å². The Bertz CT molecular complexity index is 368. The topological polar surface area (TPSA) is 55.0 Å². The largest absolute Gasteiger partial charge is 0.338 e. The molecule has 1 saturated carbocycles. The van der Waals surface area contributed by atoms with Crippen LogP contribution >= 0.6 is 11.6 Å². The lowest BCUT2D eigenvalue weighted by atomic mass is 9.83. The van der Waals surface area contributed by atoms with Gasteiger partial charge >= 0.3 is 0 Å². The molecule has 1 heterocycles. The predicted molar refractivity (Wildman–Crippen MR) is 74.9 cm³/mol. The SMILES string of the molecule is CCN(c1ncc(Cl)cn1)C1CCCCC1CN. The first-order valence-electron chi connectivity index (χ1n) is 6.70. The summed E-state index contributed by atoms with van der Waals surface area (Å²) in [5.41, 5.74) is 5.90. The Morgan fingerprint density at radius 1 is 1.33 bits per heavy atom. The number of nitrogens with two attached hydrogens (primary N) is 1. The van der Waals surface area contributed by atoms with E-state index in [-0.39, 0.29) is 0 Å². The predicted octanol–water partition coefficient (Wildman–Crippen LogP) is 2.47. The first-order valence-corrected chi connectivity index (χ1v) is 7.08. The summed E-state index contributed by atoms with van der Waals surface area (Å²) < 4.78 is 0. The lowest BCUT2D eigenvalue weighted by Crippen LogP contribution is -2.46. The lowest BCUT2D eigenvalue weighted by Gasteiger charge is -2.39. The minimum Gasteiger partial charge on any atom is -0.338 e. The zero-order valence-electron chi connectivity index (χ0n) is 10.8. The van der Waals surface area contributed by atoms with Crippen LogP contribution in [-0.4, -0.2) is 29.1 Å². The highest BCUT2D eigenvalue weighted by atomic mass is 35.5. The molecule has 1 fully saturated rings. The highest BCUT2D eigenvalue weighted by molar-refractivity contribution is 6.30. The van der Waals surface area contributed by atoms with Gasteiger partial charge in [0.05, 0.1) is 17.4 Å². The molecule has 0 saturated heterocycles. The Morgan fingerprint density at radius 2 is 2.00 bits per heavy atom. The maximum atomic E-state index is 5.90. The zero-order valence-corrected chi connectivity index (χ0v) is 11.6. The normalized spacial score (nSPS) is 23.9. The average Bonchev–Trinajstić information content (AvgIpc) is 2.42. The van der Waals surface area contributed by atoms with Gasteiger partial charge in [-0.05, 0) is 32.2 Å². The van der Waals surface area contributed by atoms with E-state index >= 15 is 0 Å². The molecule has 1 aliphatic carbocycles.